The molecule has 0 aromatic heterocycles. The average Bonchev–Trinajstić information content (AvgIpc) is 2.90. The van der Waals surface area contributed by atoms with E-state index in [9.17, 15) is 14.4 Å². The summed E-state index contributed by atoms with van der Waals surface area (Å²) in [5.74, 6) is 0.0103. The summed E-state index contributed by atoms with van der Waals surface area (Å²) in [6, 6.07) is 6.51. The number of benzene rings is 1. The lowest BCUT2D eigenvalue weighted by molar-refractivity contribution is -0.139. The quantitative estimate of drug-likeness (QED) is 0.273. The molecule has 0 bridgehead atoms. The van der Waals surface area contributed by atoms with Crippen LogP contribution in [0.25, 0.3) is 0 Å². The Hall–Kier alpha value is -3.14. The normalized spacial score (nSPS) is 15.1. The Balaban J connectivity index is 0.000000375. The lowest BCUT2D eigenvalue weighted by Gasteiger charge is -2.27. The number of rotatable bonds is 12. The van der Waals surface area contributed by atoms with Gasteiger partial charge in [-0.2, -0.15) is 0 Å². The second kappa shape index (κ2) is 19.0. The van der Waals surface area contributed by atoms with Crippen molar-refractivity contribution in [3.63, 3.8) is 0 Å². The number of amides is 3. The van der Waals surface area contributed by atoms with Gasteiger partial charge in [-0.3, -0.25) is 4.79 Å². The predicted molar refractivity (Wildman–Crippen MR) is 147 cm³/mol. The van der Waals surface area contributed by atoms with E-state index in [0.29, 0.717) is 49.9 Å². The van der Waals surface area contributed by atoms with E-state index in [0.717, 1.165) is 17.7 Å². The summed E-state index contributed by atoms with van der Waals surface area (Å²) >= 11 is 5.76. The Labute approximate surface area is 224 Å². The summed E-state index contributed by atoms with van der Waals surface area (Å²) < 4.78 is 10.6. The fourth-order valence-corrected chi connectivity index (χ4v) is 3.27. The zero-order valence-corrected chi connectivity index (χ0v) is 22.8. The fourth-order valence-electron chi connectivity index (χ4n) is 3.14. The van der Waals surface area contributed by atoms with Gasteiger partial charge in [-0.15, -0.1) is 0 Å². The SMILES string of the molecule is CCOC(CCC=O)CNC(=O)Nc1ccc(Cl)cc1.C\C=C/C(=C\C=C(/C)NC)N1CCOCC1=O. The van der Waals surface area contributed by atoms with Gasteiger partial charge in [0.2, 0.25) is 0 Å². The van der Waals surface area contributed by atoms with Crippen molar-refractivity contribution in [1.82, 2.24) is 15.5 Å². The summed E-state index contributed by atoms with van der Waals surface area (Å²) in [6.07, 6.45) is 9.47. The van der Waals surface area contributed by atoms with Crippen LogP contribution in [-0.2, 0) is 19.1 Å². The van der Waals surface area contributed by atoms with Gasteiger partial charge in [0.1, 0.15) is 12.9 Å². The first-order valence-electron chi connectivity index (χ1n) is 12.3. The van der Waals surface area contributed by atoms with Crippen molar-refractivity contribution in [2.24, 2.45) is 0 Å². The molecule has 3 amide bonds. The minimum absolute atomic E-state index is 0.0103. The highest BCUT2D eigenvalue weighted by molar-refractivity contribution is 6.30. The highest BCUT2D eigenvalue weighted by atomic mass is 35.5. The molecule has 10 heteroatoms. The van der Waals surface area contributed by atoms with Crippen molar-refractivity contribution in [3.8, 4) is 0 Å². The van der Waals surface area contributed by atoms with Gasteiger partial charge in [0.15, 0.2) is 0 Å². The molecule has 0 radical (unpaired) electrons. The zero-order valence-electron chi connectivity index (χ0n) is 22.1. The van der Waals surface area contributed by atoms with Crippen molar-refractivity contribution in [1.29, 1.82) is 0 Å². The molecule has 0 spiro atoms. The molecule has 1 aromatic rings. The summed E-state index contributed by atoms with van der Waals surface area (Å²) in [5, 5.41) is 9.06. The largest absolute Gasteiger partial charge is 0.392 e. The van der Waals surface area contributed by atoms with Gasteiger partial charge in [0.05, 0.1) is 12.7 Å². The molecule has 37 heavy (non-hydrogen) atoms. The number of ether oxygens (including phenoxy) is 2. The van der Waals surface area contributed by atoms with Crippen molar-refractivity contribution in [2.45, 2.75) is 39.7 Å². The number of halogens is 1. The molecule has 204 valence electrons. The number of carbonyl (C=O) groups excluding carboxylic acids is 3. The molecule has 9 nitrogen and oxygen atoms in total. The molecule has 2 rings (SSSR count). The third-order valence-electron chi connectivity index (χ3n) is 5.13. The van der Waals surface area contributed by atoms with E-state index >= 15 is 0 Å². The van der Waals surface area contributed by atoms with Gasteiger partial charge < -0.3 is 35.1 Å². The van der Waals surface area contributed by atoms with E-state index in [4.69, 9.17) is 21.1 Å². The van der Waals surface area contributed by atoms with E-state index in [1.165, 1.54) is 0 Å². The molecule has 1 atom stereocenters. The number of nitrogens with zero attached hydrogens (tertiary/aromatic N) is 1. The monoisotopic (exact) mass is 534 g/mol. The zero-order chi connectivity index (χ0) is 27.5. The summed E-state index contributed by atoms with van der Waals surface area (Å²) in [4.78, 5) is 35.5. The Morgan fingerprint density at radius 3 is 2.59 bits per heavy atom. The summed E-state index contributed by atoms with van der Waals surface area (Å²) in [5.41, 5.74) is 2.61. The highest BCUT2D eigenvalue weighted by Gasteiger charge is 2.20. The van der Waals surface area contributed by atoms with Gasteiger partial charge in [0, 0.05) is 55.3 Å². The summed E-state index contributed by atoms with van der Waals surface area (Å²) in [6.45, 7) is 8.07. The fraction of sp³-hybridized carbons (Fsp3) is 0.444. The van der Waals surface area contributed by atoms with Gasteiger partial charge in [-0.25, -0.2) is 4.79 Å². The number of anilines is 1. The first kappa shape index (κ1) is 31.9. The van der Waals surface area contributed by atoms with Crippen LogP contribution in [0.4, 0.5) is 10.5 Å². The van der Waals surface area contributed by atoms with Crippen molar-refractivity contribution in [3.05, 3.63) is 65.0 Å². The number of hydrogen-bond acceptors (Lipinski definition) is 6. The number of urea groups is 1. The van der Waals surface area contributed by atoms with Crippen LogP contribution in [0.2, 0.25) is 5.02 Å². The number of carbonyl (C=O) groups is 3. The van der Waals surface area contributed by atoms with Crippen LogP contribution in [0, 0.1) is 0 Å². The van der Waals surface area contributed by atoms with Crippen molar-refractivity contribution in [2.75, 3.05) is 45.3 Å². The van der Waals surface area contributed by atoms with E-state index in [-0.39, 0.29) is 24.6 Å². The average molecular weight is 535 g/mol. The maximum atomic E-state index is 11.7. The Bertz CT molecular complexity index is 931. The van der Waals surface area contributed by atoms with Crippen LogP contribution < -0.4 is 16.0 Å². The lowest BCUT2D eigenvalue weighted by atomic mass is 10.2. The maximum Gasteiger partial charge on any atom is 0.319 e. The molecule has 1 unspecified atom stereocenters. The standard InChI is InChI=1S/C14H19ClN2O3.C13H20N2O2/c1-2-20-13(4-3-9-18)10-16-14(19)17-12-7-5-11(15)6-8-12;1-4-5-12(7-6-11(2)14-3)15-8-9-17-10-13(15)16/h5-9,13H,2-4,10H2,1H3,(H2,16,17,19);4-7,14H,8-10H2,1-3H3/b;5-4-,11-6+,12-7+. The van der Waals surface area contributed by atoms with Crippen molar-refractivity contribution < 1.29 is 23.9 Å². The number of nitrogens with one attached hydrogen (secondary N) is 3. The number of allylic oxidation sites excluding steroid dienone is 5. The Kier molecular flexibility index (Phi) is 16.4. The summed E-state index contributed by atoms with van der Waals surface area (Å²) in [7, 11) is 1.87. The van der Waals surface area contributed by atoms with E-state index in [2.05, 4.69) is 16.0 Å². The molecule has 1 aliphatic rings. The lowest BCUT2D eigenvalue weighted by Crippen LogP contribution is -2.40. The predicted octanol–water partition coefficient (Wildman–Crippen LogP) is 4.27. The molecule has 1 aliphatic heterocycles. The van der Waals surface area contributed by atoms with Crippen LogP contribution in [0.1, 0.15) is 33.6 Å². The van der Waals surface area contributed by atoms with Gasteiger partial charge >= 0.3 is 6.03 Å². The molecule has 0 aliphatic carbocycles. The molecule has 1 saturated heterocycles. The molecular formula is C27H39ClN4O5. The van der Waals surface area contributed by atoms with Crippen LogP contribution >= 0.6 is 11.6 Å². The molecular weight excluding hydrogens is 496 g/mol. The van der Waals surface area contributed by atoms with Crippen molar-refractivity contribution >= 4 is 35.5 Å². The topological polar surface area (TPSA) is 109 Å². The number of morpholine rings is 1. The van der Waals surface area contributed by atoms with Gasteiger partial charge in [-0.05, 0) is 69.7 Å². The van der Waals surface area contributed by atoms with Crippen LogP contribution in [0.3, 0.4) is 0 Å². The van der Waals surface area contributed by atoms with Crippen LogP contribution in [0.5, 0.6) is 0 Å². The maximum absolute atomic E-state index is 11.7. The van der Waals surface area contributed by atoms with Crippen LogP contribution in [-0.4, -0.2) is 69.2 Å². The van der Waals surface area contributed by atoms with Crippen LogP contribution in [0.15, 0.2) is 60.0 Å². The van der Waals surface area contributed by atoms with Gasteiger partial charge in [-0.1, -0.05) is 17.7 Å². The Morgan fingerprint density at radius 2 is 2.00 bits per heavy atom. The molecule has 1 heterocycles. The van der Waals surface area contributed by atoms with E-state index in [1.807, 2.05) is 52.1 Å². The third-order valence-corrected chi connectivity index (χ3v) is 5.39. The molecule has 0 saturated carbocycles. The minimum Gasteiger partial charge on any atom is -0.392 e. The minimum atomic E-state index is -0.317. The number of aldehydes is 1. The molecule has 1 aromatic carbocycles. The Morgan fingerprint density at radius 1 is 1.27 bits per heavy atom. The second-order valence-electron chi connectivity index (χ2n) is 7.95. The second-order valence-corrected chi connectivity index (χ2v) is 8.39. The number of hydrogen-bond donors (Lipinski definition) is 3. The van der Waals surface area contributed by atoms with E-state index < -0.39 is 0 Å². The highest BCUT2D eigenvalue weighted by Crippen LogP contribution is 2.13. The first-order valence-corrected chi connectivity index (χ1v) is 12.6. The third kappa shape index (κ3) is 13.7. The first-order chi connectivity index (χ1) is 17.8. The molecule has 3 N–H and O–H groups in total. The smallest absolute Gasteiger partial charge is 0.319 e. The van der Waals surface area contributed by atoms with E-state index in [1.54, 1.807) is 29.2 Å². The molecule has 1 fully saturated rings. The van der Waals surface area contributed by atoms with Gasteiger partial charge in [0.25, 0.3) is 5.91 Å².